The lowest BCUT2D eigenvalue weighted by atomic mass is 10.0. The fraction of sp³-hybridized carbons (Fsp3) is 0.348. The van der Waals surface area contributed by atoms with E-state index in [1.807, 2.05) is 37.3 Å². The molecule has 1 heterocycles. The van der Waals surface area contributed by atoms with Gasteiger partial charge in [0.05, 0.1) is 22.7 Å². The molecule has 3 amide bonds. The van der Waals surface area contributed by atoms with Crippen molar-refractivity contribution < 1.29 is 14.4 Å². The molecule has 0 radical (unpaired) electrons. The summed E-state index contributed by atoms with van der Waals surface area (Å²) >= 11 is 6.21. The highest BCUT2D eigenvalue weighted by molar-refractivity contribution is 6.33. The number of rotatable bonds is 6. The van der Waals surface area contributed by atoms with E-state index in [1.165, 1.54) is 0 Å². The molecule has 30 heavy (non-hydrogen) atoms. The molecule has 2 aliphatic rings. The molecule has 2 fully saturated rings. The molecule has 2 N–H and O–H groups in total. The standard InChI is InChI=1S/C23H24ClN3O3/c1-14(15-8-10-18(11-9-15)26-22(29)16-6-7-16)25-23(30)17-12-21(28)27(13-17)20-5-3-2-4-19(20)24/h2-5,8-11,14,16-17H,6-7,12-13H2,1H3,(H,25,30)(H,26,29). The van der Waals surface area contributed by atoms with Crippen LogP contribution in [0.2, 0.25) is 5.02 Å². The fourth-order valence-corrected chi connectivity index (χ4v) is 3.88. The van der Waals surface area contributed by atoms with Gasteiger partial charge in [0.2, 0.25) is 17.7 Å². The third kappa shape index (κ3) is 4.49. The maximum Gasteiger partial charge on any atom is 0.227 e. The third-order valence-electron chi connectivity index (χ3n) is 5.62. The van der Waals surface area contributed by atoms with Crippen molar-refractivity contribution in [3.05, 3.63) is 59.1 Å². The number of carbonyl (C=O) groups excluding carboxylic acids is 3. The Balaban J connectivity index is 1.35. The van der Waals surface area contributed by atoms with Gasteiger partial charge >= 0.3 is 0 Å². The van der Waals surface area contributed by atoms with E-state index >= 15 is 0 Å². The summed E-state index contributed by atoms with van der Waals surface area (Å²) in [6, 6.07) is 14.4. The zero-order chi connectivity index (χ0) is 21.3. The van der Waals surface area contributed by atoms with Crippen molar-refractivity contribution >= 4 is 40.7 Å². The van der Waals surface area contributed by atoms with Crippen molar-refractivity contribution in [3.8, 4) is 0 Å². The summed E-state index contributed by atoms with van der Waals surface area (Å²) in [5, 5.41) is 6.40. The molecule has 4 rings (SSSR count). The Hall–Kier alpha value is -2.86. The van der Waals surface area contributed by atoms with Gasteiger partial charge in [0, 0.05) is 24.6 Å². The molecule has 2 unspecified atom stereocenters. The lowest BCUT2D eigenvalue weighted by Gasteiger charge is -2.19. The quantitative estimate of drug-likeness (QED) is 0.736. The highest BCUT2D eigenvalue weighted by Gasteiger charge is 2.36. The predicted octanol–water partition coefficient (Wildman–Crippen LogP) is 3.92. The molecule has 0 bridgehead atoms. The van der Waals surface area contributed by atoms with Crippen molar-refractivity contribution in [3.63, 3.8) is 0 Å². The first-order chi connectivity index (χ1) is 14.4. The first-order valence-electron chi connectivity index (χ1n) is 10.2. The largest absolute Gasteiger partial charge is 0.349 e. The van der Waals surface area contributed by atoms with Crippen molar-refractivity contribution in [2.75, 3.05) is 16.8 Å². The number of para-hydroxylation sites is 1. The summed E-state index contributed by atoms with van der Waals surface area (Å²) < 4.78 is 0. The van der Waals surface area contributed by atoms with Crippen LogP contribution in [-0.2, 0) is 14.4 Å². The molecule has 7 heteroatoms. The number of hydrogen-bond donors (Lipinski definition) is 2. The second-order valence-corrected chi connectivity index (χ2v) is 8.38. The Kier molecular flexibility index (Phi) is 5.77. The number of nitrogens with one attached hydrogen (secondary N) is 2. The normalized spacial score (nSPS) is 19.5. The Morgan fingerprint density at radius 1 is 1.03 bits per heavy atom. The zero-order valence-corrected chi connectivity index (χ0v) is 17.5. The summed E-state index contributed by atoms with van der Waals surface area (Å²) in [5.41, 5.74) is 2.32. The summed E-state index contributed by atoms with van der Waals surface area (Å²) in [6.07, 6.45) is 2.09. The number of benzene rings is 2. The predicted molar refractivity (Wildman–Crippen MR) is 116 cm³/mol. The summed E-state index contributed by atoms with van der Waals surface area (Å²) in [7, 11) is 0. The van der Waals surface area contributed by atoms with Crippen LogP contribution < -0.4 is 15.5 Å². The number of anilines is 2. The van der Waals surface area contributed by atoms with Crippen molar-refractivity contribution in [2.24, 2.45) is 11.8 Å². The van der Waals surface area contributed by atoms with Crippen LogP contribution in [0.3, 0.4) is 0 Å². The van der Waals surface area contributed by atoms with Crippen molar-refractivity contribution in [1.29, 1.82) is 0 Å². The van der Waals surface area contributed by atoms with E-state index < -0.39 is 5.92 Å². The molecule has 6 nitrogen and oxygen atoms in total. The van der Waals surface area contributed by atoms with Gasteiger partial charge in [-0.2, -0.15) is 0 Å². The molecule has 156 valence electrons. The molecule has 1 saturated carbocycles. The topological polar surface area (TPSA) is 78.5 Å². The second-order valence-electron chi connectivity index (χ2n) is 7.97. The average molecular weight is 426 g/mol. The van der Waals surface area contributed by atoms with Gasteiger partial charge in [-0.1, -0.05) is 35.9 Å². The molecule has 2 aromatic rings. The molecular formula is C23H24ClN3O3. The minimum absolute atomic E-state index is 0.0677. The van der Waals surface area contributed by atoms with Gasteiger partial charge in [0.25, 0.3) is 0 Å². The van der Waals surface area contributed by atoms with Crippen LogP contribution in [0.15, 0.2) is 48.5 Å². The van der Waals surface area contributed by atoms with Crippen LogP contribution in [0.5, 0.6) is 0 Å². The van der Waals surface area contributed by atoms with E-state index in [9.17, 15) is 14.4 Å². The molecule has 1 aliphatic heterocycles. The molecule has 2 atom stereocenters. The molecular weight excluding hydrogens is 402 g/mol. The summed E-state index contributed by atoms with van der Waals surface area (Å²) in [4.78, 5) is 38.6. The van der Waals surface area contributed by atoms with E-state index in [0.717, 1.165) is 24.1 Å². The van der Waals surface area contributed by atoms with Crippen LogP contribution in [-0.4, -0.2) is 24.3 Å². The van der Waals surface area contributed by atoms with Crippen LogP contribution in [0.1, 0.15) is 37.8 Å². The lowest BCUT2D eigenvalue weighted by molar-refractivity contribution is -0.126. The number of halogens is 1. The smallest absolute Gasteiger partial charge is 0.227 e. The van der Waals surface area contributed by atoms with E-state index in [-0.39, 0.29) is 36.1 Å². The fourth-order valence-electron chi connectivity index (χ4n) is 3.65. The summed E-state index contributed by atoms with van der Waals surface area (Å²) in [6.45, 7) is 2.21. The van der Waals surface area contributed by atoms with E-state index in [2.05, 4.69) is 10.6 Å². The number of amides is 3. The maximum atomic E-state index is 12.8. The molecule has 1 aliphatic carbocycles. The molecule has 2 aromatic carbocycles. The molecule has 1 saturated heterocycles. The Morgan fingerprint density at radius 2 is 1.73 bits per heavy atom. The van der Waals surface area contributed by atoms with Crippen molar-refractivity contribution in [2.45, 2.75) is 32.2 Å². The van der Waals surface area contributed by atoms with E-state index in [1.54, 1.807) is 23.1 Å². The number of hydrogen-bond acceptors (Lipinski definition) is 3. The van der Waals surface area contributed by atoms with Gasteiger partial charge in [-0.15, -0.1) is 0 Å². The lowest BCUT2D eigenvalue weighted by Crippen LogP contribution is -2.34. The SMILES string of the molecule is CC(NC(=O)C1CC(=O)N(c2ccccc2Cl)C1)c1ccc(NC(=O)C2CC2)cc1. The van der Waals surface area contributed by atoms with Crippen LogP contribution in [0, 0.1) is 11.8 Å². The minimum atomic E-state index is -0.423. The van der Waals surface area contributed by atoms with Gasteiger partial charge < -0.3 is 15.5 Å². The Bertz CT molecular complexity index is 972. The van der Waals surface area contributed by atoms with Gasteiger partial charge in [-0.25, -0.2) is 0 Å². The van der Waals surface area contributed by atoms with Gasteiger partial charge in [-0.3, -0.25) is 14.4 Å². The van der Waals surface area contributed by atoms with E-state index in [0.29, 0.717) is 17.3 Å². The molecule has 0 aromatic heterocycles. The van der Waals surface area contributed by atoms with Crippen LogP contribution in [0.25, 0.3) is 0 Å². The second kappa shape index (κ2) is 8.48. The first kappa shape index (κ1) is 20.4. The van der Waals surface area contributed by atoms with Crippen molar-refractivity contribution in [1.82, 2.24) is 5.32 Å². The van der Waals surface area contributed by atoms with Crippen LogP contribution in [0.4, 0.5) is 11.4 Å². The Labute approximate surface area is 180 Å². The maximum absolute atomic E-state index is 12.8. The zero-order valence-electron chi connectivity index (χ0n) is 16.7. The highest BCUT2D eigenvalue weighted by atomic mass is 35.5. The van der Waals surface area contributed by atoms with E-state index in [4.69, 9.17) is 11.6 Å². The first-order valence-corrected chi connectivity index (χ1v) is 10.6. The minimum Gasteiger partial charge on any atom is -0.349 e. The Morgan fingerprint density at radius 3 is 2.40 bits per heavy atom. The third-order valence-corrected chi connectivity index (χ3v) is 5.94. The van der Waals surface area contributed by atoms with Gasteiger partial charge in [-0.05, 0) is 49.6 Å². The summed E-state index contributed by atoms with van der Waals surface area (Å²) in [5.74, 6) is -0.461. The number of nitrogens with zero attached hydrogens (tertiary/aromatic N) is 1. The van der Waals surface area contributed by atoms with Gasteiger partial charge in [0.15, 0.2) is 0 Å². The highest BCUT2D eigenvalue weighted by Crippen LogP contribution is 2.32. The average Bonchev–Trinajstić information content (AvgIpc) is 3.51. The monoisotopic (exact) mass is 425 g/mol. The molecule has 0 spiro atoms. The van der Waals surface area contributed by atoms with Crippen LogP contribution >= 0.6 is 11.6 Å². The van der Waals surface area contributed by atoms with Gasteiger partial charge in [0.1, 0.15) is 0 Å². The number of carbonyl (C=O) groups is 3.